The lowest BCUT2D eigenvalue weighted by molar-refractivity contribution is 0.145. The first-order chi connectivity index (χ1) is 8.77. The van der Waals surface area contributed by atoms with E-state index >= 15 is 0 Å². The summed E-state index contributed by atoms with van der Waals surface area (Å²) in [5.41, 5.74) is 0.596. The molecule has 1 aromatic rings. The van der Waals surface area contributed by atoms with Crippen LogP contribution < -0.4 is 10.1 Å². The molecule has 0 aromatic heterocycles. The number of phenolic OH excluding ortho intramolecular Hbond substituents is 1. The van der Waals surface area contributed by atoms with Gasteiger partial charge in [-0.15, -0.1) is 12.4 Å². The number of benzene rings is 1. The average molecular weight is 291 g/mol. The molecule has 4 nitrogen and oxygen atoms in total. The van der Waals surface area contributed by atoms with Crippen LogP contribution in [0.15, 0.2) is 18.2 Å². The molecule has 0 unspecified atom stereocenters. The van der Waals surface area contributed by atoms with Crippen LogP contribution in [0.4, 0.5) is 4.39 Å². The molecule has 0 bridgehead atoms. The predicted octanol–water partition coefficient (Wildman–Crippen LogP) is 1.74. The van der Waals surface area contributed by atoms with Crippen molar-refractivity contribution in [1.82, 2.24) is 10.2 Å². The molecule has 1 saturated heterocycles. The zero-order chi connectivity index (χ0) is 13.0. The number of rotatable bonds is 4. The van der Waals surface area contributed by atoms with Gasteiger partial charge in [-0.25, -0.2) is 4.39 Å². The van der Waals surface area contributed by atoms with Gasteiger partial charge in [-0.2, -0.15) is 0 Å². The maximum Gasteiger partial charge on any atom is 0.162 e. The Kier molecular flexibility index (Phi) is 6.34. The first kappa shape index (κ1) is 16.0. The molecule has 108 valence electrons. The Morgan fingerprint density at radius 2 is 2.11 bits per heavy atom. The molecule has 1 aliphatic heterocycles. The third kappa shape index (κ3) is 3.49. The molecule has 0 spiro atoms. The number of nitrogens with one attached hydrogen (secondary N) is 1. The summed E-state index contributed by atoms with van der Waals surface area (Å²) in [6.07, 6.45) is 0. The molecule has 0 saturated carbocycles. The van der Waals surface area contributed by atoms with Crippen LogP contribution in [0.5, 0.6) is 11.5 Å². The zero-order valence-corrected chi connectivity index (χ0v) is 11.8. The van der Waals surface area contributed by atoms with E-state index in [1.54, 1.807) is 18.2 Å². The van der Waals surface area contributed by atoms with Crippen LogP contribution in [0.2, 0.25) is 0 Å². The number of methoxy groups -OCH3 is 1. The van der Waals surface area contributed by atoms with E-state index in [1.165, 1.54) is 7.11 Å². The summed E-state index contributed by atoms with van der Waals surface area (Å²) < 4.78 is 18.4. The highest BCUT2D eigenvalue weighted by Gasteiger charge is 2.25. The minimum atomic E-state index is -0.513. The highest BCUT2D eigenvalue weighted by atomic mass is 35.5. The van der Waals surface area contributed by atoms with E-state index in [1.807, 2.05) is 4.90 Å². The van der Waals surface area contributed by atoms with Gasteiger partial charge in [0, 0.05) is 31.7 Å². The summed E-state index contributed by atoms with van der Waals surface area (Å²) in [6.45, 7) is 2.75. The second-order valence-electron chi connectivity index (χ2n) is 4.35. The molecule has 0 amide bonds. The highest BCUT2D eigenvalue weighted by molar-refractivity contribution is 5.85. The van der Waals surface area contributed by atoms with E-state index in [2.05, 4.69) is 5.32 Å². The van der Waals surface area contributed by atoms with Crippen molar-refractivity contribution in [3.63, 3.8) is 0 Å². The summed E-state index contributed by atoms with van der Waals surface area (Å²) in [7, 11) is 1.49. The van der Waals surface area contributed by atoms with Crippen molar-refractivity contribution in [1.29, 1.82) is 0 Å². The fourth-order valence-electron chi connectivity index (χ4n) is 2.34. The van der Waals surface area contributed by atoms with Gasteiger partial charge in [0.25, 0.3) is 0 Å². The van der Waals surface area contributed by atoms with E-state index in [9.17, 15) is 9.50 Å². The standard InChI is InChI=1S/C13H19FN2O2.ClH/c1-18-12-4-2-3-10(13(12)17)11(9-14)16-7-5-15-6-8-16;/h2-4,11,15,17H,5-9H2,1H3;1H/t11-;/m1./s1. The van der Waals surface area contributed by atoms with Crippen molar-refractivity contribution in [2.24, 2.45) is 0 Å². The second-order valence-corrected chi connectivity index (χ2v) is 4.35. The van der Waals surface area contributed by atoms with Crippen LogP contribution in [0.1, 0.15) is 11.6 Å². The Morgan fingerprint density at radius 1 is 1.42 bits per heavy atom. The number of hydrogen-bond donors (Lipinski definition) is 2. The Labute approximate surface area is 119 Å². The van der Waals surface area contributed by atoms with Gasteiger partial charge < -0.3 is 15.2 Å². The lowest BCUT2D eigenvalue weighted by Gasteiger charge is -2.34. The topological polar surface area (TPSA) is 44.7 Å². The summed E-state index contributed by atoms with van der Waals surface area (Å²) in [4.78, 5) is 2.05. The number of aromatic hydroxyl groups is 1. The van der Waals surface area contributed by atoms with Gasteiger partial charge in [0.05, 0.1) is 13.2 Å². The van der Waals surface area contributed by atoms with Gasteiger partial charge in [-0.05, 0) is 6.07 Å². The van der Waals surface area contributed by atoms with Crippen molar-refractivity contribution in [2.75, 3.05) is 40.0 Å². The number of alkyl halides is 1. The van der Waals surface area contributed by atoms with Gasteiger partial charge >= 0.3 is 0 Å². The minimum Gasteiger partial charge on any atom is -0.504 e. The molecule has 1 aliphatic rings. The van der Waals surface area contributed by atoms with Gasteiger partial charge in [-0.1, -0.05) is 12.1 Å². The van der Waals surface area contributed by atoms with Gasteiger partial charge in [0.2, 0.25) is 0 Å². The molecule has 0 radical (unpaired) electrons. The molecule has 6 heteroatoms. The SMILES string of the molecule is COc1cccc([C@@H](CF)N2CCNCC2)c1O.Cl. The Hall–Kier alpha value is -1.04. The second kappa shape index (κ2) is 7.53. The van der Waals surface area contributed by atoms with E-state index in [0.29, 0.717) is 11.3 Å². The lowest BCUT2D eigenvalue weighted by atomic mass is 10.0. The van der Waals surface area contributed by atoms with E-state index in [-0.39, 0.29) is 18.2 Å². The van der Waals surface area contributed by atoms with Crippen molar-refractivity contribution in [2.45, 2.75) is 6.04 Å². The van der Waals surface area contributed by atoms with Gasteiger partial charge in [0.1, 0.15) is 6.67 Å². The molecule has 2 N–H and O–H groups in total. The molecule has 1 aromatic carbocycles. The number of ether oxygens (including phenoxy) is 1. The van der Waals surface area contributed by atoms with Crippen LogP contribution in [0.3, 0.4) is 0 Å². The fraction of sp³-hybridized carbons (Fsp3) is 0.538. The predicted molar refractivity (Wildman–Crippen MR) is 75.1 cm³/mol. The minimum absolute atomic E-state index is 0. The Bertz CT molecular complexity index is 400. The number of phenols is 1. The summed E-state index contributed by atoms with van der Waals surface area (Å²) in [6, 6.07) is 4.80. The van der Waals surface area contributed by atoms with Crippen LogP contribution in [0, 0.1) is 0 Å². The molecule has 1 fully saturated rings. The Morgan fingerprint density at radius 3 is 2.68 bits per heavy atom. The number of para-hydroxylation sites is 1. The first-order valence-corrected chi connectivity index (χ1v) is 6.14. The molecule has 1 heterocycles. The normalized spacial score (nSPS) is 17.6. The van der Waals surface area contributed by atoms with Crippen LogP contribution in [-0.4, -0.2) is 50.0 Å². The maximum atomic E-state index is 13.3. The molecule has 0 aliphatic carbocycles. The van der Waals surface area contributed by atoms with Crippen molar-refractivity contribution >= 4 is 12.4 Å². The first-order valence-electron chi connectivity index (χ1n) is 6.14. The zero-order valence-electron chi connectivity index (χ0n) is 10.9. The van der Waals surface area contributed by atoms with Crippen molar-refractivity contribution in [3.05, 3.63) is 23.8 Å². The summed E-state index contributed by atoms with van der Waals surface area (Å²) in [5.74, 6) is 0.433. The molecule has 2 rings (SSSR count). The van der Waals surface area contributed by atoms with Crippen LogP contribution in [-0.2, 0) is 0 Å². The quantitative estimate of drug-likeness (QED) is 0.887. The summed E-state index contributed by atoms with van der Waals surface area (Å²) >= 11 is 0. The van der Waals surface area contributed by atoms with Crippen molar-refractivity contribution < 1.29 is 14.2 Å². The summed E-state index contributed by atoms with van der Waals surface area (Å²) in [5, 5.41) is 13.3. The van der Waals surface area contributed by atoms with Crippen molar-refractivity contribution in [3.8, 4) is 11.5 Å². The number of hydrogen-bond acceptors (Lipinski definition) is 4. The van der Waals surface area contributed by atoms with Gasteiger partial charge in [-0.3, -0.25) is 4.90 Å². The number of halogens is 2. The molecular weight excluding hydrogens is 271 g/mol. The lowest BCUT2D eigenvalue weighted by Crippen LogP contribution is -2.45. The monoisotopic (exact) mass is 290 g/mol. The Balaban J connectivity index is 0.00000180. The smallest absolute Gasteiger partial charge is 0.162 e. The third-order valence-electron chi connectivity index (χ3n) is 3.35. The van der Waals surface area contributed by atoms with E-state index in [4.69, 9.17) is 4.74 Å². The third-order valence-corrected chi connectivity index (χ3v) is 3.35. The molecular formula is C13H20ClFN2O2. The molecule has 1 atom stereocenters. The van der Waals surface area contributed by atoms with E-state index < -0.39 is 12.7 Å². The molecule has 19 heavy (non-hydrogen) atoms. The highest BCUT2D eigenvalue weighted by Crippen LogP contribution is 2.36. The maximum absolute atomic E-state index is 13.3. The van der Waals surface area contributed by atoms with E-state index in [0.717, 1.165) is 26.2 Å². The number of nitrogens with zero attached hydrogens (tertiary/aromatic N) is 1. The largest absolute Gasteiger partial charge is 0.504 e. The number of piperazine rings is 1. The van der Waals surface area contributed by atoms with Crippen LogP contribution >= 0.6 is 12.4 Å². The average Bonchev–Trinajstić information content (AvgIpc) is 2.43. The van der Waals surface area contributed by atoms with Crippen LogP contribution in [0.25, 0.3) is 0 Å². The van der Waals surface area contributed by atoms with Gasteiger partial charge in [0.15, 0.2) is 11.5 Å². The fourth-order valence-corrected chi connectivity index (χ4v) is 2.34.